The Morgan fingerprint density at radius 1 is 1.18 bits per heavy atom. The highest BCUT2D eigenvalue weighted by Crippen LogP contribution is 2.30. The van der Waals surface area contributed by atoms with Crippen molar-refractivity contribution < 1.29 is 19.0 Å². The van der Waals surface area contributed by atoms with Crippen LogP contribution in [0.2, 0.25) is 0 Å². The Kier molecular flexibility index (Phi) is 8.55. The van der Waals surface area contributed by atoms with Gasteiger partial charge in [-0.15, -0.1) is 0 Å². The lowest BCUT2D eigenvalue weighted by atomic mass is 9.89. The van der Waals surface area contributed by atoms with Crippen molar-refractivity contribution in [2.75, 3.05) is 18.5 Å². The number of aliphatic hydroxyl groups is 1. The Labute approximate surface area is 163 Å². The molecule has 150 valence electrons. The number of benzene rings is 2. The van der Waals surface area contributed by atoms with Crippen LogP contribution in [0.25, 0.3) is 0 Å². The van der Waals surface area contributed by atoms with Crippen LogP contribution in [0.1, 0.15) is 31.4 Å². The van der Waals surface area contributed by atoms with Crippen molar-refractivity contribution in [3.8, 4) is 5.75 Å². The van der Waals surface area contributed by atoms with Crippen LogP contribution in [0.3, 0.4) is 0 Å². The maximum absolute atomic E-state index is 13.2. The predicted molar refractivity (Wildman–Crippen MR) is 106 cm³/mol. The van der Waals surface area contributed by atoms with E-state index in [1.165, 1.54) is 24.3 Å². The van der Waals surface area contributed by atoms with E-state index >= 15 is 0 Å². The average molecular weight is 388 g/mol. The van der Waals surface area contributed by atoms with Gasteiger partial charge in [-0.3, -0.25) is 0 Å². The van der Waals surface area contributed by atoms with E-state index in [4.69, 9.17) is 4.74 Å². The highest BCUT2D eigenvalue weighted by Gasteiger charge is 2.30. The van der Waals surface area contributed by atoms with Crippen molar-refractivity contribution in [1.29, 1.82) is 0 Å². The van der Waals surface area contributed by atoms with Gasteiger partial charge in [0.1, 0.15) is 24.4 Å². The van der Waals surface area contributed by atoms with Crippen molar-refractivity contribution in [1.82, 2.24) is 0 Å². The number of halogens is 1. The number of carbonyl (C=O) groups is 1. The molecule has 0 aromatic heterocycles. The van der Waals surface area contributed by atoms with Gasteiger partial charge in [-0.1, -0.05) is 30.7 Å². The molecule has 1 unspecified atom stereocenters. The second kappa shape index (κ2) is 11.1. The van der Waals surface area contributed by atoms with E-state index in [1.54, 1.807) is 24.3 Å². The minimum absolute atomic E-state index is 0.382. The standard InChI is InChI=1S/C21H25FN2O4/c1-2-3-12-28-18-10-4-15(5-11-18)21(19(14-25)20(26)13-23-27)24-17-8-6-16(22)7-9-17/h4-11,14,19-21,24,26H,2-3,12-13H2,1H3/t19?,20-,21+/m0/s1. The summed E-state index contributed by atoms with van der Waals surface area (Å²) in [5, 5.41) is 16.1. The number of nitrogens with zero attached hydrogens (tertiary/aromatic N) is 1. The van der Waals surface area contributed by atoms with Crippen LogP contribution >= 0.6 is 0 Å². The molecule has 2 rings (SSSR count). The first-order valence-electron chi connectivity index (χ1n) is 9.26. The normalized spacial score (nSPS) is 14.0. The van der Waals surface area contributed by atoms with Crippen molar-refractivity contribution in [2.24, 2.45) is 11.1 Å². The number of nitroso groups, excluding NO2 is 1. The second-order valence-corrected chi connectivity index (χ2v) is 6.49. The molecule has 0 aliphatic heterocycles. The van der Waals surface area contributed by atoms with Crippen LogP contribution in [-0.2, 0) is 4.79 Å². The minimum Gasteiger partial charge on any atom is -0.494 e. The van der Waals surface area contributed by atoms with Crippen LogP contribution in [0.15, 0.2) is 53.7 Å². The Balaban J connectivity index is 2.26. The molecule has 0 spiro atoms. The lowest BCUT2D eigenvalue weighted by Gasteiger charge is -2.28. The summed E-state index contributed by atoms with van der Waals surface area (Å²) in [5.41, 5.74) is 1.29. The molecule has 0 saturated carbocycles. The van der Waals surface area contributed by atoms with Gasteiger partial charge in [0.05, 0.1) is 24.7 Å². The third-order valence-electron chi connectivity index (χ3n) is 4.42. The number of anilines is 1. The summed E-state index contributed by atoms with van der Waals surface area (Å²) in [6, 6.07) is 12.2. The Hall–Kier alpha value is -2.80. The Morgan fingerprint density at radius 3 is 2.43 bits per heavy atom. The predicted octanol–water partition coefficient (Wildman–Crippen LogP) is 4.10. The van der Waals surface area contributed by atoms with E-state index in [9.17, 15) is 19.2 Å². The van der Waals surface area contributed by atoms with Gasteiger partial charge < -0.3 is 20.0 Å². The third-order valence-corrected chi connectivity index (χ3v) is 4.42. The van der Waals surface area contributed by atoms with Crippen LogP contribution in [0.4, 0.5) is 10.1 Å². The zero-order valence-corrected chi connectivity index (χ0v) is 15.8. The number of unbranched alkanes of at least 4 members (excludes halogenated alkanes) is 1. The van der Waals surface area contributed by atoms with E-state index in [0.29, 0.717) is 29.9 Å². The molecule has 6 nitrogen and oxygen atoms in total. The second-order valence-electron chi connectivity index (χ2n) is 6.49. The summed E-state index contributed by atoms with van der Waals surface area (Å²) in [4.78, 5) is 22.2. The largest absolute Gasteiger partial charge is 0.494 e. The summed E-state index contributed by atoms with van der Waals surface area (Å²) in [6.07, 6.45) is 1.34. The summed E-state index contributed by atoms with van der Waals surface area (Å²) in [7, 11) is 0. The number of ether oxygens (including phenoxy) is 1. The number of aliphatic hydroxyl groups excluding tert-OH is 1. The molecule has 0 aliphatic carbocycles. The molecule has 0 fully saturated rings. The number of aldehydes is 1. The summed E-state index contributed by atoms with van der Waals surface area (Å²) in [6.45, 7) is 2.30. The number of nitrogens with one attached hydrogen (secondary N) is 1. The first-order valence-corrected chi connectivity index (χ1v) is 9.26. The molecule has 0 heterocycles. The number of hydrogen-bond acceptors (Lipinski definition) is 6. The lowest BCUT2D eigenvalue weighted by molar-refractivity contribution is -0.114. The molecule has 0 amide bonds. The third kappa shape index (κ3) is 6.13. The molecule has 28 heavy (non-hydrogen) atoms. The van der Waals surface area contributed by atoms with Gasteiger partial charge in [0, 0.05) is 5.69 Å². The maximum Gasteiger partial charge on any atom is 0.128 e. The van der Waals surface area contributed by atoms with Gasteiger partial charge in [0.2, 0.25) is 0 Å². The Bertz CT molecular complexity index is 737. The molecule has 2 N–H and O–H groups in total. The van der Waals surface area contributed by atoms with Crippen LogP contribution in [0.5, 0.6) is 5.75 Å². The van der Waals surface area contributed by atoms with E-state index in [1.807, 2.05) is 0 Å². The average Bonchev–Trinajstić information content (AvgIpc) is 2.70. The van der Waals surface area contributed by atoms with Gasteiger partial charge in [-0.05, 0) is 48.4 Å². The highest BCUT2D eigenvalue weighted by molar-refractivity contribution is 5.60. The van der Waals surface area contributed by atoms with Gasteiger partial charge in [-0.2, -0.15) is 4.91 Å². The maximum atomic E-state index is 13.2. The molecule has 0 bridgehead atoms. The monoisotopic (exact) mass is 388 g/mol. The van der Waals surface area contributed by atoms with E-state index in [0.717, 1.165) is 12.8 Å². The first-order chi connectivity index (χ1) is 13.6. The fourth-order valence-electron chi connectivity index (χ4n) is 2.82. The van der Waals surface area contributed by atoms with Crippen LogP contribution in [-0.4, -0.2) is 30.6 Å². The molecular formula is C21H25FN2O4. The molecule has 2 aromatic carbocycles. The zero-order valence-electron chi connectivity index (χ0n) is 15.8. The van der Waals surface area contributed by atoms with Crippen molar-refractivity contribution in [3.05, 3.63) is 64.8 Å². The minimum atomic E-state index is -1.24. The molecule has 3 atom stereocenters. The van der Waals surface area contributed by atoms with E-state index in [2.05, 4.69) is 17.4 Å². The Morgan fingerprint density at radius 2 is 1.86 bits per heavy atom. The van der Waals surface area contributed by atoms with Crippen molar-refractivity contribution in [3.63, 3.8) is 0 Å². The number of hydrogen-bond donors (Lipinski definition) is 2. The molecule has 2 aromatic rings. The smallest absolute Gasteiger partial charge is 0.128 e. The van der Waals surface area contributed by atoms with E-state index < -0.39 is 24.6 Å². The molecular weight excluding hydrogens is 363 g/mol. The first kappa shape index (κ1) is 21.5. The zero-order chi connectivity index (χ0) is 20.4. The number of carbonyl (C=O) groups excluding carboxylic acids is 1. The van der Waals surface area contributed by atoms with Crippen LogP contribution < -0.4 is 10.1 Å². The molecule has 7 heteroatoms. The van der Waals surface area contributed by atoms with Gasteiger partial charge >= 0.3 is 0 Å². The van der Waals surface area contributed by atoms with Gasteiger partial charge in [0.25, 0.3) is 0 Å². The summed E-state index contributed by atoms with van der Waals surface area (Å²) >= 11 is 0. The SMILES string of the molecule is CCCCOc1ccc([C@@H](Nc2ccc(F)cc2)C(C=O)[C@@H](O)CN=O)cc1. The molecule has 0 saturated heterocycles. The van der Waals surface area contributed by atoms with Crippen LogP contribution in [0, 0.1) is 16.6 Å². The van der Waals surface area contributed by atoms with Crippen molar-refractivity contribution >= 4 is 12.0 Å². The summed E-state index contributed by atoms with van der Waals surface area (Å²) in [5.74, 6) is -0.599. The molecule has 0 aliphatic rings. The quantitative estimate of drug-likeness (QED) is 0.325. The topological polar surface area (TPSA) is 88.0 Å². The van der Waals surface area contributed by atoms with Crippen molar-refractivity contribution in [2.45, 2.75) is 31.9 Å². The van der Waals surface area contributed by atoms with Gasteiger partial charge in [0.15, 0.2) is 0 Å². The van der Waals surface area contributed by atoms with E-state index in [-0.39, 0.29) is 5.82 Å². The lowest BCUT2D eigenvalue weighted by Crippen LogP contribution is -2.34. The fourth-order valence-corrected chi connectivity index (χ4v) is 2.82. The molecule has 0 radical (unpaired) electrons. The highest BCUT2D eigenvalue weighted by atomic mass is 19.1. The fraction of sp³-hybridized carbons (Fsp3) is 0.381. The van der Waals surface area contributed by atoms with Gasteiger partial charge in [-0.25, -0.2) is 4.39 Å². The number of rotatable bonds is 12. The summed E-state index contributed by atoms with van der Waals surface area (Å²) < 4.78 is 18.8.